The number of nitrogens with one attached hydrogen (secondary N) is 1. The number of hydrogen-bond donors (Lipinski definition) is 2. The van der Waals surface area contributed by atoms with Gasteiger partial charge in [0.05, 0.1) is 6.61 Å². The Morgan fingerprint density at radius 3 is 2.73 bits per heavy atom. The Morgan fingerprint density at radius 2 is 2.04 bits per heavy atom. The molecule has 0 radical (unpaired) electrons. The van der Waals surface area contributed by atoms with E-state index in [0.29, 0.717) is 31.1 Å². The molecule has 7 heteroatoms. The first-order valence-electron chi connectivity index (χ1n) is 8.44. The summed E-state index contributed by atoms with van der Waals surface area (Å²) in [6.07, 6.45) is 2.93. The van der Waals surface area contributed by atoms with E-state index in [0.717, 1.165) is 6.42 Å². The number of pyridine rings is 1. The van der Waals surface area contributed by atoms with Gasteiger partial charge in [-0.25, -0.2) is 4.79 Å². The second-order valence-corrected chi connectivity index (χ2v) is 6.06. The highest BCUT2D eigenvalue weighted by Crippen LogP contribution is 2.22. The second-order valence-electron chi connectivity index (χ2n) is 6.06. The maximum Gasteiger partial charge on any atom is 0.326 e. The highest BCUT2D eigenvalue weighted by atomic mass is 16.5. The van der Waals surface area contributed by atoms with Crippen molar-refractivity contribution in [2.75, 3.05) is 13.2 Å². The number of rotatable bonds is 6. The molecule has 1 aliphatic heterocycles. The number of carboxylic acids is 1. The van der Waals surface area contributed by atoms with E-state index in [1.807, 2.05) is 18.2 Å². The van der Waals surface area contributed by atoms with Crippen molar-refractivity contribution in [3.8, 4) is 11.5 Å². The monoisotopic (exact) mass is 356 g/mol. The Hall–Kier alpha value is -2.93. The van der Waals surface area contributed by atoms with E-state index >= 15 is 0 Å². The summed E-state index contributed by atoms with van der Waals surface area (Å²) in [6.45, 7) is 0.943. The molecule has 7 nitrogen and oxygen atoms in total. The van der Waals surface area contributed by atoms with E-state index < -0.39 is 17.9 Å². The van der Waals surface area contributed by atoms with Crippen LogP contribution in [0.1, 0.15) is 23.3 Å². The molecule has 0 aliphatic carbocycles. The van der Waals surface area contributed by atoms with Gasteiger partial charge in [0.15, 0.2) is 0 Å². The lowest BCUT2D eigenvalue weighted by molar-refractivity contribution is -0.142. The molecule has 26 heavy (non-hydrogen) atoms. The van der Waals surface area contributed by atoms with Crippen molar-refractivity contribution in [2.45, 2.75) is 18.9 Å². The van der Waals surface area contributed by atoms with Crippen LogP contribution in [0, 0.1) is 5.92 Å². The molecule has 1 aromatic carbocycles. The van der Waals surface area contributed by atoms with E-state index in [9.17, 15) is 14.7 Å². The molecular weight excluding hydrogens is 336 g/mol. The lowest BCUT2D eigenvalue weighted by atomic mass is 9.93. The molecule has 1 aliphatic rings. The highest BCUT2D eigenvalue weighted by Gasteiger charge is 2.31. The molecule has 1 saturated heterocycles. The molecule has 2 heterocycles. The lowest BCUT2D eigenvalue weighted by Gasteiger charge is -2.27. The van der Waals surface area contributed by atoms with Crippen molar-refractivity contribution in [2.24, 2.45) is 5.92 Å². The first-order valence-corrected chi connectivity index (χ1v) is 8.44. The Morgan fingerprint density at radius 1 is 1.23 bits per heavy atom. The van der Waals surface area contributed by atoms with Crippen LogP contribution >= 0.6 is 0 Å². The normalized spacial score (nSPS) is 17.9. The molecule has 2 N–H and O–H groups in total. The maximum absolute atomic E-state index is 12.5. The number of para-hydroxylation sites is 1. The second kappa shape index (κ2) is 8.44. The number of aliphatic carboxylic acids is 1. The largest absolute Gasteiger partial charge is 0.480 e. The average molecular weight is 356 g/mol. The zero-order chi connectivity index (χ0) is 18.4. The van der Waals surface area contributed by atoms with Crippen molar-refractivity contribution in [1.82, 2.24) is 10.3 Å². The van der Waals surface area contributed by atoms with Gasteiger partial charge in [0.1, 0.15) is 23.2 Å². The van der Waals surface area contributed by atoms with Crippen molar-refractivity contribution in [1.29, 1.82) is 0 Å². The number of aromatic nitrogens is 1. The lowest BCUT2D eigenvalue weighted by Crippen LogP contribution is -2.48. The van der Waals surface area contributed by atoms with Crippen LogP contribution in [0.3, 0.4) is 0 Å². The number of hydrogen-bond acceptors (Lipinski definition) is 5. The molecular formula is C19H20N2O5. The van der Waals surface area contributed by atoms with E-state index in [4.69, 9.17) is 9.47 Å². The molecule has 2 unspecified atom stereocenters. The number of carbonyl (C=O) groups excluding carboxylic acids is 1. The van der Waals surface area contributed by atoms with Crippen LogP contribution in [0.5, 0.6) is 11.5 Å². The Kier molecular flexibility index (Phi) is 5.80. The van der Waals surface area contributed by atoms with Gasteiger partial charge in [-0.3, -0.25) is 9.78 Å². The standard InChI is InChI=1S/C19H20N2O5/c22-18(21-17(19(23)24)13-5-4-10-25-12-13)16-11-15(8-9-20-16)26-14-6-2-1-3-7-14/h1-3,6-9,11,13,17H,4-5,10,12H2,(H,21,22)(H,23,24). The van der Waals surface area contributed by atoms with E-state index in [-0.39, 0.29) is 11.6 Å². The van der Waals surface area contributed by atoms with Gasteiger partial charge in [-0.1, -0.05) is 18.2 Å². The minimum Gasteiger partial charge on any atom is -0.480 e. The Balaban J connectivity index is 1.70. The van der Waals surface area contributed by atoms with Crippen LogP contribution in [0.25, 0.3) is 0 Å². The summed E-state index contributed by atoms with van der Waals surface area (Å²) in [4.78, 5) is 28.1. The predicted octanol–water partition coefficient (Wildman–Crippen LogP) is 2.48. The molecule has 1 amide bonds. The molecule has 3 rings (SSSR count). The van der Waals surface area contributed by atoms with Crippen molar-refractivity contribution in [3.63, 3.8) is 0 Å². The number of carbonyl (C=O) groups is 2. The highest BCUT2D eigenvalue weighted by molar-refractivity contribution is 5.95. The van der Waals surface area contributed by atoms with Gasteiger partial charge >= 0.3 is 5.97 Å². The zero-order valence-electron chi connectivity index (χ0n) is 14.1. The fraction of sp³-hybridized carbons (Fsp3) is 0.316. The third-order valence-corrected chi connectivity index (χ3v) is 4.16. The van der Waals surface area contributed by atoms with Gasteiger partial charge in [-0.2, -0.15) is 0 Å². The average Bonchev–Trinajstić information content (AvgIpc) is 2.67. The van der Waals surface area contributed by atoms with E-state index in [2.05, 4.69) is 10.3 Å². The van der Waals surface area contributed by atoms with Crippen LogP contribution in [0.4, 0.5) is 0 Å². The summed E-state index contributed by atoms with van der Waals surface area (Å²) in [5.74, 6) is -0.807. The van der Waals surface area contributed by atoms with Crippen LogP contribution in [-0.2, 0) is 9.53 Å². The van der Waals surface area contributed by atoms with Crippen LogP contribution in [-0.4, -0.2) is 41.2 Å². The van der Waals surface area contributed by atoms with Gasteiger partial charge in [0.25, 0.3) is 5.91 Å². The third-order valence-electron chi connectivity index (χ3n) is 4.16. The molecule has 0 spiro atoms. The first kappa shape index (κ1) is 17.9. The number of nitrogens with zero attached hydrogens (tertiary/aromatic N) is 1. The topological polar surface area (TPSA) is 97.8 Å². The van der Waals surface area contributed by atoms with Crippen molar-refractivity contribution >= 4 is 11.9 Å². The summed E-state index contributed by atoms with van der Waals surface area (Å²) in [5.41, 5.74) is 0.0985. The fourth-order valence-electron chi connectivity index (χ4n) is 2.85. The summed E-state index contributed by atoms with van der Waals surface area (Å²) in [6, 6.07) is 11.3. The summed E-state index contributed by atoms with van der Waals surface area (Å²) in [7, 11) is 0. The summed E-state index contributed by atoms with van der Waals surface area (Å²) >= 11 is 0. The zero-order valence-corrected chi connectivity index (χ0v) is 14.1. The van der Waals surface area contributed by atoms with E-state index in [1.165, 1.54) is 12.3 Å². The van der Waals surface area contributed by atoms with E-state index in [1.54, 1.807) is 18.2 Å². The quantitative estimate of drug-likeness (QED) is 0.825. The van der Waals surface area contributed by atoms with Gasteiger partial charge < -0.3 is 19.9 Å². The number of carboxylic acid groups (broad SMARTS) is 1. The number of amides is 1. The third kappa shape index (κ3) is 4.58. The summed E-state index contributed by atoms with van der Waals surface area (Å²) < 4.78 is 11.0. The smallest absolute Gasteiger partial charge is 0.326 e. The van der Waals surface area contributed by atoms with Gasteiger partial charge in [0.2, 0.25) is 0 Å². The van der Waals surface area contributed by atoms with Crippen molar-refractivity contribution in [3.05, 3.63) is 54.4 Å². The fourth-order valence-corrected chi connectivity index (χ4v) is 2.85. The van der Waals surface area contributed by atoms with Gasteiger partial charge in [-0.05, 0) is 31.0 Å². The predicted molar refractivity (Wildman–Crippen MR) is 93.2 cm³/mol. The molecule has 0 saturated carbocycles. The Labute approximate surface area is 151 Å². The molecule has 2 aromatic rings. The summed E-state index contributed by atoms with van der Waals surface area (Å²) in [5, 5.41) is 12.0. The van der Waals surface area contributed by atoms with Crippen LogP contribution in [0.2, 0.25) is 0 Å². The number of ether oxygens (including phenoxy) is 2. The van der Waals surface area contributed by atoms with Crippen molar-refractivity contribution < 1.29 is 24.2 Å². The first-order chi connectivity index (χ1) is 12.6. The molecule has 0 bridgehead atoms. The van der Waals surface area contributed by atoms with Crippen LogP contribution in [0.15, 0.2) is 48.7 Å². The van der Waals surface area contributed by atoms with Crippen LogP contribution < -0.4 is 10.1 Å². The van der Waals surface area contributed by atoms with Gasteiger partial charge in [-0.15, -0.1) is 0 Å². The van der Waals surface area contributed by atoms with Gasteiger partial charge in [0, 0.05) is 24.8 Å². The SMILES string of the molecule is O=C(NC(C(=O)O)C1CCCOC1)c1cc(Oc2ccccc2)ccn1. The minimum atomic E-state index is -1.08. The number of benzene rings is 1. The molecule has 136 valence electrons. The maximum atomic E-state index is 12.5. The molecule has 2 atom stereocenters. The Bertz CT molecular complexity index is 760. The molecule has 1 aromatic heterocycles. The molecule has 1 fully saturated rings. The minimum absolute atomic E-state index is 0.0985.